The Morgan fingerprint density at radius 3 is 2.52 bits per heavy atom. The van der Waals surface area contributed by atoms with Gasteiger partial charge in [-0.25, -0.2) is 0 Å². The van der Waals surface area contributed by atoms with Crippen LogP contribution in [0.4, 0.5) is 0 Å². The van der Waals surface area contributed by atoms with Gasteiger partial charge in [0.2, 0.25) is 0 Å². The number of rotatable bonds is 7. The maximum atomic E-state index is 12.4. The van der Waals surface area contributed by atoms with Gasteiger partial charge in [-0.3, -0.25) is 4.79 Å². The smallest absolute Gasteiger partial charge is 0.173 e. The molecule has 6 heteroatoms. The van der Waals surface area contributed by atoms with Gasteiger partial charge in [0, 0.05) is 28.4 Å². The van der Waals surface area contributed by atoms with E-state index in [1.807, 2.05) is 60.4 Å². The van der Waals surface area contributed by atoms with E-state index < -0.39 is 0 Å². The maximum absolute atomic E-state index is 12.4. The van der Waals surface area contributed by atoms with E-state index in [1.165, 1.54) is 0 Å². The molecule has 2 aromatic rings. The van der Waals surface area contributed by atoms with Gasteiger partial charge >= 0.3 is 0 Å². The second-order valence-corrected chi connectivity index (χ2v) is 7.83. The van der Waals surface area contributed by atoms with Gasteiger partial charge in [-0.2, -0.15) is 0 Å². The van der Waals surface area contributed by atoms with Crippen molar-refractivity contribution >= 4 is 34.7 Å². The summed E-state index contributed by atoms with van der Waals surface area (Å²) < 4.78 is 5.86. The number of ether oxygens (including phenoxy) is 1. The molecular formula is C23H25ClN2O2S. The predicted molar refractivity (Wildman–Crippen MR) is 121 cm³/mol. The fraction of sp³-hybridized carbons (Fsp3) is 0.304. The van der Waals surface area contributed by atoms with Crippen LogP contribution in [0.15, 0.2) is 59.8 Å². The fourth-order valence-electron chi connectivity index (χ4n) is 3.51. The molecule has 0 aliphatic carbocycles. The summed E-state index contributed by atoms with van der Waals surface area (Å²) >= 11 is 11.7. The number of Topliss-reactive ketones (excluding diaryl/α,β-unsaturated/α-hetero) is 1. The number of nitrogens with one attached hydrogen (secondary N) is 1. The molecule has 0 spiro atoms. The third kappa shape index (κ3) is 4.80. The highest BCUT2D eigenvalue weighted by Gasteiger charge is 2.31. The minimum absolute atomic E-state index is 0.0441. The van der Waals surface area contributed by atoms with Crippen molar-refractivity contribution < 1.29 is 9.53 Å². The molecule has 29 heavy (non-hydrogen) atoms. The highest BCUT2D eigenvalue weighted by atomic mass is 35.5. The molecule has 0 amide bonds. The summed E-state index contributed by atoms with van der Waals surface area (Å²) in [5.41, 5.74) is 3.58. The van der Waals surface area contributed by atoms with E-state index in [-0.39, 0.29) is 11.8 Å². The third-order valence-electron chi connectivity index (χ3n) is 4.99. The van der Waals surface area contributed by atoms with Crippen LogP contribution in [0.1, 0.15) is 44.4 Å². The molecule has 0 saturated carbocycles. The van der Waals surface area contributed by atoms with Crippen LogP contribution in [0.3, 0.4) is 0 Å². The normalized spacial score (nSPS) is 16.6. The minimum atomic E-state index is -0.259. The van der Waals surface area contributed by atoms with Crippen LogP contribution < -0.4 is 10.1 Å². The Hall–Kier alpha value is -2.37. The number of hydrogen-bond acceptors (Lipinski definition) is 3. The van der Waals surface area contributed by atoms with Crippen molar-refractivity contribution in [3.63, 3.8) is 0 Å². The lowest BCUT2D eigenvalue weighted by atomic mass is 9.92. The Balaban J connectivity index is 1.80. The van der Waals surface area contributed by atoms with Crippen molar-refractivity contribution in [3.05, 3.63) is 76.0 Å². The first-order valence-electron chi connectivity index (χ1n) is 9.68. The van der Waals surface area contributed by atoms with Gasteiger partial charge in [-0.15, -0.1) is 0 Å². The zero-order chi connectivity index (χ0) is 21.0. The number of carbonyl (C=O) groups excluding carboxylic acids is 1. The molecule has 0 saturated heterocycles. The molecule has 0 aromatic heterocycles. The average molecular weight is 429 g/mol. The van der Waals surface area contributed by atoms with Crippen molar-refractivity contribution in [1.82, 2.24) is 10.2 Å². The van der Waals surface area contributed by atoms with Gasteiger partial charge in [0.15, 0.2) is 10.9 Å². The van der Waals surface area contributed by atoms with E-state index in [4.69, 9.17) is 28.6 Å². The topological polar surface area (TPSA) is 41.6 Å². The Morgan fingerprint density at radius 1 is 1.21 bits per heavy atom. The van der Waals surface area contributed by atoms with Crippen molar-refractivity contribution in [2.75, 3.05) is 6.54 Å². The summed E-state index contributed by atoms with van der Waals surface area (Å²) in [4.78, 5) is 14.4. The highest BCUT2D eigenvalue weighted by Crippen LogP contribution is 2.32. The minimum Gasteiger partial charge on any atom is -0.489 e. The Kier molecular flexibility index (Phi) is 6.93. The molecule has 0 radical (unpaired) electrons. The molecular weight excluding hydrogens is 404 g/mol. The molecule has 0 fully saturated rings. The summed E-state index contributed by atoms with van der Waals surface area (Å²) in [5.74, 6) is 0.785. The van der Waals surface area contributed by atoms with E-state index in [1.54, 1.807) is 6.92 Å². The fourth-order valence-corrected chi connectivity index (χ4v) is 4.05. The Morgan fingerprint density at radius 2 is 1.90 bits per heavy atom. The standard InChI is InChI=1S/C23H25ClN2O2S/c1-4-13-26-15(2)21(16(3)27)22(25-23(26)29)17-9-11-19(12-10-17)28-14-18-7-5-6-8-20(18)24/h5-12,22H,4,13-14H2,1-3H3,(H,25,29). The second kappa shape index (κ2) is 9.42. The summed E-state index contributed by atoms with van der Waals surface area (Å²) in [7, 11) is 0. The number of hydrogen-bond donors (Lipinski definition) is 1. The molecule has 4 nitrogen and oxygen atoms in total. The Bertz CT molecular complexity index is 940. The second-order valence-electron chi connectivity index (χ2n) is 7.04. The number of carbonyl (C=O) groups is 1. The van der Waals surface area contributed by atoms with Crippen LogP contribution in [-0.2, 0) is 11.4 Å². The number of benzene rings is 2. The molecule has 0 bridgehead atoms. The molecule has 1 aliphatic rings. The van der Waals surface area contributed by atoms with Gasteiger partial charge in [0.1, 0.15) is 12.4 Å². The van der Waals surface area contributed by atoms with E-state index >= 15 is 0 Å². The van der Waals surface area contributed by atoms with Crippen molar-refractivity contribution in [3.8, 4) is 5.75 Å². The molecule has 152 valence electrons. The Labute approximate surface area is 182 Å². The first-order chi connectivity index (χ1) is 13.9. The lowest BCUT2D eigenvalue weighted by Gasteiger charge is -2.37. The number of thiocarbonyl (C=S) groups is 1. The zero-order valence-electron chi connectivity index (χ0n) is 16.9. The van der Waals surface area contributed by atoms with Crippen LogP contribution in [0.2, 0.25) is 5.02 Å². The molecule has 1 unspecified atom stereocenters. The number of allylic oxidation sites excluding steroid dienone is 1. The van der Waals surface area contributed by atoms with E-state index in [9.17, 15) is 4.79 Å². The monoisotopic (exact) mass is 428 g/mol. The van der Waals surface area contributed by atoms with Gasteiger partial charge in [0.25, 0.3) is 0 Å². The van der Waals surface area contributed by atoms with Crippen LogP contribution in [0.25, 0.3) is 0 Å². The largest absolute Gasteiger partial charge is 0.489 e. The van der Waals surface area contributed by atoms with Gasteiger partial charge in [0.05, 0.1) is 6.04 Å². The van der Waals surface area contributed by atoms with Crippen LogP contribution in [0, 0.1) is 0 Å². The van der Waals surface area contributed by atoms with Crippen LogP contribution >= 0.6 is 23.8 Å². The lowest BCUT2D eigenvalue weighted by molar-refractivity contribution is -0.114. The molecule has 3 rings (SSSR count). The van der Waals surface area contributed by atoms with E-state index in [0.29, 0.717) is 16.7 Å². The molecule has 1 heterocycles. The summed E-state index contributed by atoms with van der Waals surface area (Å²) in [6.45, 7) is 6.85. The highest BCUT2D eigenvalue weighted by molar-refractivity contribution is 7.80. The number of nitrogens with zero attached hydrogens (tertiary/aromatic N) is 1. The average Bonchev–Trinajstić information content (AvgIpc) is 2.70. The van der Waals surface area contributed by atoms with Gasteiger partial charge < -0.3 is 15.0 Å². The SMILES string of the molecule is CCCN1C(=S)NC(c2ccc(OCc3ccccc3Cl)cc2)C(C(C)=O)=C1C. The van der Waals surface area contributed by atoms with Crippen molar-refractivity contribution in [2.45, 2.75) is 39.8 Å². The zero-order valence-corrected chi connectivity index (χ0v) is 18.4. The van der Waals surface area contributed by atoms with Crippen LogP contribution in [-0.4, -0.2) is 22.3 Å². The lowest BCUT2D eigenvalue weighted by Crippen LogP contribution is -2.47. The van der Waals surface area contributed by atoms with Gasteiger partial charge in [-0.1, -0.05) is 48.9 Å². The number of halogens is 1. The summed E-state index contributed by atoms with van der Waals surface area (Å²) in [5, 5.41) is 4.67. The van der Waals surface area contributed by atoms with Crippen molar-refractivity contribution in [2.24, 2.45) is 0 Å². The predicted octanol–water partition coefficient (Wildman–Crippen LogP) is 5.42. The summed E-state index contributed by atoms with van der Waals surface area (Å²) in [6, 6.07) is 15.1. The number of ketones is 1. The van der Waals surface area contributed by atoms with E-state index in [2.05, 4.69) is 12.2 Å². The molecule has 1 aliphatic heterocycles. The first kappa shape index (κ1) is 21.3. The van der Waals surface area contributed by atoms with E-state index in [0.717, 1.165) is 41.1 Å². The third-order valence-corrected chi connectivity index (χ3v) is 5.70. The maximum Gasteiger partial charge on any atom is 0.173 e. The van der Waals surface area contributed by atoms with Crippen LogP contribution in [0.5, 0.6) is 5.75 Å². The summed E-state index contributed by atoms with van der Waals surface area (Å²) in [6.07, 6.45) is 0.951. The van der Waals surface area contributed by atoms with Gasteiger partial charge in [-0.05, 0) is 56.2 Å². The molecule has 2 aromatic carbocycles. The quantitative estimate of drug-likeness (QED) is 0.596. The van der Waals surface area contributed by atoms with Crippen molar-refractivity contribution in [1.29, 1.82) is 0 Å². The molecule has 1 N–H and O–H groups in total. The molecule has 1 atom stereocenters. The first-order valence-corrected chi connectivity index (χ1v) is 10.5.